The predicted molar refractivity (Wildman–Crippen MR) is 98.6 cm³/mol. The van der Waals surface area contributed by atoms with Gasteiger partial charge in [0.15, 0.2) is 0 Å². The molecule has 0 radical (unpaired) electrons. The molecule has 4 rings (SSSR count). The van der Waals surface area contributed by atoms with Crippen LogP contribution in [0, 0.1) is 0 Å². The number of imidazole rings is 1. The van der Waals surface area contributed by atoms with Gasteiger partial charge >= 0.3 is 0 Å². The van der Waals surface area contributed by atoms with Gasteiger partial charge in [-0.15, -0.1) is 0 Å². The Morgan fingerprint density at radius 2 is 1.72 bits per heavy atom. The van der Waals surface area contributed by atoms with Crippen LogP contribution in [0.25, 0.3) is 5.69 Å². The lowest BCUT2D eigenvalue weighted by molar-refractivity contribution is 0.740. The molecule has 0 saturated carbocycles. The molecule has 25 heavy (non-hydrogen) atoms. The third kappa shape index (κ3) is 3.45. The molecule has 0 amide bonds. The highest BCUT2D eigenvalue weighted by molar-refractivity contribution is 5.40. The van der Waals surface area contributed by atoms with Crippen molar-refractivity contribution in [1.29, 1.82) is 0 Å². The molecule has 124 valence electrons. The van der Waals surface area contributed by atoms with Crippen LogP contribution >= 0.6 is 0 Å². The monoisotopic (exact) mass is 329 g/mol. The molecule has 0 aliphatic carbocycles. The number of hydrogen-bond acceptors (Lipinski definition) is 3. The summed E-state index contributed by atoms with van der Waals surface area (Å²) in [5.41, 5.74) is 9.92. The van der Waals surface area contributed by atoms with E-state index in [1.54, 1.807) is 0 Å². The van der Waals surface area contributed by atoms with Gasteiger partial charge in [-0.2, -0.15) is 5.10 Å². The summed E-state index contributed by atoms with van der Waals surface area (Å²) in [4.78, 5) is 4.50. The summed E-state index contributed by atoms with van der Waals surface area (Å²) in [6, 6.07) is 18.0. The lowest BCUT2D eigenvalue weighted by atomic mass is 10.1. The van der Waals surface area contributed by atoms with E-state index in [0.717, 1.165) is 35.7 Å². The summed E-state index contributed by atoms with van der Waals surface area (Å²) in [5.74, 6) is 1.03. The average molecular weight is 329 g/mol. The molecular formula is C20H19N5. The minimum absolute atomic E-state index is 0.747. The van der Waals surface area contributed by atoms with Gasteiger partial charge in [0, 0.05) is 36.3 Å². The molecule has 2 N–H and O–H groups in total. The third-order valence-corrected chi connectivity index (χ3v) is 4.15. The van der Waals surface area contributed by atoms with Crippen molar-refractivity contribution in [1.82, 2.24) is 19.3 Å². The Hall–Kier alpha value is -3.34. The molecule has 0 bridgehead atoms. The first-order chi connectivity index (χ1) is 12.3. The fourth-order valence-corrected chi connectivity index (χ4v) is 2.83. The molecule has 0 saturated heterocycles. The van der Waals surface area contributed by atoms with Crippen LogP contribution in [0.2, 0.25) is 0 Å². The van der Waals surface area contributed by atoms with E-state index in [0.29, 0.717) is 0 Å². The molecule has 0 aliphatic rings. The van der Waals surface area contributed by atoms with Crippen LogP contribution in [0.4, 0.5) is 5.69 Å². The van der Waals surface area contributed by atoms with Crippen molar-refractivity contribution >= 4 is 5.69 Å². The van der Waals surface area contributed by atoms with Crippen LogP contribution < -0.4 is 5.73 Å². The number of para-hydroxylation sites is 1. The maximum absolute atomic E-state index is 5.75. The van der Waals surface area contributed by atoms with E-state index in [1.807, 2.05) is 77.9 Å². The Bertz CT molecular complexity index is 951. The summed E-state index contributed by atoms with van der Waals surface area (Å²) in [6.45, 7) is 0.747. The number of rotatable bonds is 5. The zero-order chi connectivity index (χ0) is 17.1. The van der Waals surface area contributed by atoms with Gasteiger partial charge < -0.3 is 10.3 Å². The Labute approximate surface area is 146 Å². The number of anilines is 1. The molecule has 0 aliphatic heterocycles. The van der Waals surface area contributed by atoms with Crippen molar-refractivity contribution in [2.24, 2.45) is 0 Å². The maximum Gasteiger partial charge on any atom is 0.113 e. The normalized spacial score (nSPS) is 10.9. The minimum Gasteiger partial charge on any atom is -0.399 e. The second-order valence-electron chi connectivity index (χ2n) is 6.02. The van der Waals surface area contributed by atoms with E-state index in [9.17, 15) is 0 Å². The molecule has 0 fully saturated rings. The molecule has 0 atom stereocenters. The van der Waals surface area contributed by atoms with Gasteiger partial charge in [-0.1, -0.05) is 30.3 Å². The average Bonchev–Trinajstić information content (AvgIpc) is 3.28. The van der Waals surface area contributed by atoms with Crippen LogP contribution in [0.1, 0.15) is 17.0 Å². The highest BCUT2D eigenvalue weighted by Gasteiger charge is 2.07. The summed E-state index contributed by atoms with van der Waals surface area (Å²) in [7, 11) is 0. The Balaban J connectivity index is 1.51. The van der Waals surface area contributed by atoms with Gasteiger partial charge in [0.1, 0.15) is 5.82 Å². The molecule has 2 aromatic carbocycles. The van der Waals surface area contributed by atoms with Crippen LogP contribution in [0.3, 0.4) is 0 Å². The number of aromatic nitrogens is 4. The van der Waals surface area contributed by atoms with E-state index in [-0.39, 0.29) is 0 Å². The summed E-state index contributed by atoms with van der Waals surface area (Å²) < 4.78 is 4.05. The standard InChI is InChI=1S/C20H19N5/c21-18-8-6-16(7-9-18)12-20-22-10-11-24(20)14-17-13-23-25(15-17)19-4-2-1-3-5-19/h1-11,13,15H,12,14,21H2. The topological polar surface area (TPSA) is 61.7 Å². The smallest absolute Gasteiger partial charge is 0.113 e. The number of nitrogens with zero attached hydrogens (tertiary/aromatic N) is 4. The van der Waals surface area contributed by atoms with Gasteiger partial charge in [-0.05, 0) is 29.8 Å². The molecule has 5 nitrogen and oxygen atoms in total. The molecule has 2 aromatic heterocycles. The Kier molecular flexibility index (Phi) is 4.04. The first-order valence-corrected chi connectivity index (χ1v) is 8.21. The van der Waals surface area contributed by atoms with E-state index in [1.165, 1.54) is 5.56 Å². The van der Waals surface area contributed by atoms with Crippen molar-refractivity contribution in [3.63, 3.8) is 0 Å². The van der Waals surface area contributed by atoms with Gasteiger partial charge in [0.25, 0.3) is 0 Å². The highest BCUT2D eigenvalue weighted by atomic mass is 15.3. The largest absolute Gasteiger partial charge is 0.399 e. The molecule has 4 aromatic rings. The minimum atomic E-state index is 0.747. The third-order valence-electron chi connectivity index (χ3n) is 4.15. The van der Waals surface area contributed by atoms with Crippen LogP contribution in [-0.2, 0) is 13.0 Å². The SMILES string of the molecule is Nc1ccc(Cc2nccn2Cc2cnn(-c3ccccc3)c2)cc1. The first-order valence-electron chi connectivity index (χ1n) is 8.21. The van der Waals surface area contributed by atoms with Crippen LogP contribution in [-0.4, -0.2) is 19.3 Å². The fourth-order valence-electron chi connectivity index (χ4n) is 2.83. The van der Waals surface area contributed by atoms with Crippen molar-refractivity contribution in [2.45, 2.75) is 13.0 Å². The second-order valence-corrected chi connectivity index (χ2v) is 6.02. The zero-order valence-corrected chi connectivity index (χ0v) is 13.8. The summed E-state index contributed by atoms with van der Waals surface area (Å²) in [5, 5.41) is 4.46. The molecule has 0 spiro atoms. The lowest BCUT2D eigenvalue weighted by Crippen LogP contribution is -2.05. The lowest BCUT2D eigenvalue weighted by Gasteiger charge is -2.07. The summed E-state index contributed by atoms with van der Waals surface area (Å²) >= 11 is 0. The van der Waals surface area contributed by atoms with Crippen molar-refractivity contribution < 1.29 is 0 Å². The highest BCUT2D eigenvalue weighted by Crippen LogP contribution is 2.13. The molecule has 0 unspecified atom stereocenters. The number of benzene rings is 2. The predicted octanol–water partition coefficient (Wildman–Crippen LogP) is 3.29. The Morgan fingerprint density at radius 3 is 2.52 bits per heavy atom. The van der Waals surface area contributed by atoms with Crippen molar-refractivity contribution in [2.75, 3.05) is 5.73 Å². The van der Waals surface area contributed by atoms with E-state index < -0.39 is 0 Å². The van der Waals surface area contributed by atoms with Crippen molar-refractivity contribution in [3.05, 3.63) is 96.3 Å². The number of nitrogen functional groups attached to an aromatic ring is 1. The first kappa shape index (κ1) is 15.2. The van der Waals surface area contributed by atoms with Gasteiger partial charge in [-0.3, -0.25) is 0 Å². The maximum atomic E-state index is 5.75. The van der Waals surface area contributed by atoms with Crippen LogP contribution in [0.15, 0.2) is 79.4 Å². The number of hydrogen-bond donors (Lipinski definition) is 1. The van der Waals surface area contributed by atoms with Crippen molar-refractivity contribution in [3.8, 4) is 5.69 Å². The molecular weight excluding hydrogens is 310 g/mol. The van der Waals surface area contributed by atoms with Gasteiger partial charge in [-0.25, -0.2) is 9.67 Å². The Morgan fingerprint density at radius 1 is 0.920 bits per heavy atom. The number of nitrogens with two attached hydrogens (primary N) is 1. The van der Waals surface area contributed by atoms with Gasteiger partial charge in [0.05, 0.1) is 18.4 Å². The quantitative estimate of drug-likeness (QED) is 0.572. The van der Waals surface area contributed by atoms with Gasteiger partial charge in [0.2, 0.25) is 0 Å². The molecule has 2 heterocycles. The van der Waals surface area contributed by atoms with Crippen LogP contribution in [0.5, 0.6) is 0 Å². The summed E-state index contributed by atoms with van der Waals surface area (Å²) in [6.07, 6.45) is 8.59. The second kappa shape index (κ2) is 6.65. The zero-order valence-electron chi connectivity index (χ0n) is 13.8. The van der Waals surface area contributed by atoms with E-state index in [4.69, 9.17) is 5.73 Å². The fraction of sp³-hybridized carbons (Fsp3) is 0.100. The molecule has 5 heteroatoms. The van der Waals surface area contributed by atoms with E-state index >= 15 is 0 Å². The van der Waals surface area contributed by atoms with E-state index in [2.05, 4.69) is 20.8 Å².